The molecule has 0 aliphatic carbocycles. The summed E-state index contributed by atoms with van der Waals surface area (Å²) in [5.74, 6) is 0.611. The summed E-state index contributed by atoms with van der Waals surface area (Å²) >= 11 is 1.78. The Morgan fingerprint density at radius 2 is 2.00 bits per heavy atom. The molecule has 2 aliphatic rings. The summed E-state index contributed by atoms with van der Waals surface area (Å²) in [6.45, 7) is 5.78. The number of likely N-dealkylation sites (tertiary alicyclic amines) is 1. The fourth-order valence-corrected chi connectivity index (χ4v) is 4.48. The van der Waals surface area contributed by atoms with Crippen molar-refractivity contribution in [2.75, 3.05) is 19.6 Å². The molecule has 0 N–H and O–H groups in total. The van der Waals surface area contributed by atoms with E-state index in [9.17, 15) is 0 Å². The normalized spacial score (nSPS) is 22.4. The van der Waals surface area contributed by atoms with Crippen LogP contribution in [0.1, 0.15) is 54.5 Å². The smallest absolute Gasteiger partial charge is 0.158 e. The van der Waals surface area contributed by atoms with Crippen molar-refractivity contribution >= 4 is 17.0 Å². The molecule has 5 heteroatoms. The van der Waals surface area contributed by atoms with Gasteiger partial charge in [-0.3, -0.25) is 0 Å². The Hall–Kier alpha value is -1.72. The Morgan fingerprint density at radius 1 is 1.21 bits per heavy atom. The SMILES string of the molecule is CCN1CCC(c2nc(C3=NOC(c4ccccc4)C3)cs2)CC1. The van der Waals surface area contributed by atoms with Gasteiger partial charge in [-0.15, -0.1) is 11.3 Å². The van der Waals surface area contributed by atoms with Crippen molar-refractivity contribution in [2.45, 2.75) is 38.2 Å². The minimum absolute atomic E-state index is 0.0270. The van der Waals surface area contributed by atoms with E-state index in [0.717, 1.165) is 24.4 Å². The number of hydrogen-bond acceptors (Lipinski definition) is 5. The number of benzene rings is 1. The topological polar surface area (TPSA) is 37.7 Å². The monoisotopic (exact) mass is 341 g/mol. The third kappa shape index (κ3) is 3.23. The molecule has 0 spiro atoms. The van der Waals surface area contributed by atoms with Gasteiger partial charge in [0, 0.05) is 17.7 Å². The molecule has 2 aromatic rings. The van der Waals surface area contributed by atoms with Crippen LogP contribution in [-0.4, -0.2) is 35.2 Å². The summed E-state index contributed by atoms with van der Waals surface area (Å²) in [5, 5.41) is 7.72. The minimum Gasteiger partial charge on any atom is -0.387 e. The molecule has 1 unspecified atom stereocenters. The maximum Gasteiger partial charge on any atom is 0.158 e. The second-order valence-corrected chi connectivity index (χ2v) is 7.42. The average Bonchev–Trinajstić information content (AvgIpc) is 3.32. The van der Waals surface area contributed by atoms with Crippen LogP contribution in [0, 0.1) is 0 Å². The molecule has 0 amide bonds. The number of oxime groups is 1. The average molecular weight is 341 g/mol. The van der Waals surface area contributed by atoms with E-state index in [1.165, 1.54) is 36.5 Å². The predicted molar refractivity (Wildman–Crippen MR) is 97.6 cm³/mol. The molecule has 1 saturated heterocycles. The summed E-state index contributed by atoms with van der Waals surface area (Å²) in [4.78, 5) is 13.0. The lowest BCUT2D eigenvalue weighted by molar-refractivity contribution is 0.0857. The van der Waals surface area contributed by atoms with Gasteiger partial charge >= 0.3 is 0 Å². The van der Waals surface area contributed by atoms with Gasteiger partial charge in [0.1, 0.15) is 5.71 Å². The maximum absolute atomic E-state index is 5.64. The predicted octanol–water partition coefficient (Wildman–Crippen LogP) is 4.21. The Bertz CT molecular complexity index is 704. The van der Waals surface area contributed by atoms with E-state index in [1.54, 1.807) is 11.3 Å². The molecule has 24 heavy (non-hydrogen) atoms. The lowest BCUT2D eigenvalue weighted by Crippen LogP contribution is -2.32. The van der Waals surface area contributed by atoms with Gasteiger partial charge in [-0.1, -0.05) is 42.4 Å². The molecule has 1 aromatic heterocycles. The highest BCUT2D eigenvalue weighted by Gasteiger charge is 2.27. The highest BCUT2D eigenvalue weighted by molar-refractivity contribution is 7.09. The molecule has 0 radical (unpaired) electrons. The van der Waals surface area contributed by atoms with E-state index in [1.807, 2.05) is 18.2 Å². The Labute approximate surface area is 147 Å². The van der Waals surface area contributed by atoms with Crippen LogP contribution in [-0.2, 0) is 4.84 Å². The second kappa shape index (κ2) is 7.03. The minimum atomic E-state index is 0.0270. The van der Waals surface area contributed by atoms with Crippen molar-refractivity contribution in [3.63, 3.8) is 0 Å². The standard InChI is InChI=1S/C19H23N3OS/c1-2-22-10-8-15(9-11-22)19-20-17(13-24-19)16-12-18(23-21-16)14-6-4-3-5-7-14/h3-7,13,15,18H,2,8-12H2,1H3. The molecule has 0 bridgehead atoms. The maximum atomic E-state index is 5.64. The van der Waals surface area contributed by atoms with Crippen molar-refractivity contribution in [3.05, 3.63) is 52.0 Å². The summed E-state index contributed by atoms with van der Waals surface area (Å²) in [6.07, 6.45) is 3.27. The first kappa shape index (κ1) is 15.8. The first-order valence-corrected chi connectivity index (χ1v) is 9.67. The van der Waals surface area contributed by atoms with Crippen molar-refractivity contribution < 1.29 is 4.84 Å². The number of piperidine rings is 1. The van der Waals surface area contributed by atoms with Crippen LogP contribution < -0.4 is 0 Å². The van der Waals surface area contributed by atoms with E-state index in [-0.39, 0.29) is 6.10 Å². The zero-order valence-corrected chi connectivity index (χ0v) is 14.8. The molecular formula is C19H23N3OS. The number of hydrogen-bond donors (Lipinski definition) is 0. The van der Waals surface area contributed by atoms with Crippen molar-refractivity contribution in [1.29, 1.82) is 0 Å². The second-order valence-electron chi connectivity index (χ2n) is 6.53. The van der Waals surface area contributed by atoms with E-state index in [0.29, 0.717) is 5.92 Å². The molecule has 126 valence electrons. The van der Waals surface area contributed by atoms with E-state index >= 15 is 0 Å². The number of nitrogens with zero attached hydrogens (tertiary/aromatic N) is 3. The molecule has 2 aliphatic heterocycles. The number of thiazole rings is 1. The van der Waals surface area contributed by atoms with Gasteiger partial charge in [-0.25, -0.2) is 4.98 Å². The van der Waals surface area contributed by atoms with Gasteiger partial charge in [0.05, 0.1) is 10.7 Å². The van der Waals surface area contributed by atoms with Crippen molar-refractivity contribution in [3.8, 4) is 0 Å². The summed E-state index contributed by atoms with van der Waals surface area (Å²) in [7, 11) is 0. The molecule has 1 fully saturated rings. The van der Waals surface area contributed by atoms with Gasteiger partial charge in [-0.05, 0) is 38.0 Å². The lowest BCUT2D eigenvalue weighted by Gasteiger charge is -2.29. The zero-order chi connectivity index (χ0) is 16.4. The highest BCUT2D eigenvalue weighted by Crippen LogP contribution is 2.33. The van der Waals surface area contributed by atoms with Gasteiger partial charge in [0.15, 0.2) is 6.10 Å². The Morgan fingerprint density at radius 3 is 2.75 bits per heavy atom. The van der Waals surface area contributed by atoms with Crippen LogP contribution in [0.4, 0.5) is 0 Å². The molecule has 0 saturated carbocycles. The van der Waals surface area contributed by atoms with Crippen molar-refractivity contribution in [2.24, 2.45) is 5.16 Å². The van der Waals surface area contributed by atoms with Crippen molar-refractivity contribution in [1.82, 2.24) is 9.88 Å². The molecule has 4 rings (SSSR count). The zero-order valence-electron chi connectivity index (χ0n) is 14.0. The Balaban J connectivity index is 1.41. The largest absolute Gasteiger partial charge is 0.387 e. The fourth-order valence-electron chi connectivity index (χ4n) is 3.48. The molecular weight excluding hydrogens is 318 g/mol. The summed E-state index contributed by atoms with van der Waals surface area (Å²) < 4.78 is 0. The first-order valence-electron chi connectivity index (χ1n) is 8.79. The first-order chi connectivity index (χ1) is 11.8. The highest BCUT2D eigenvalue weighted by atomic mass is 32.1. The Kier molecular flexibility index (Phi) is 4.63. The summed E-state index contributed by atoms with van der Waals surface area (Å²) in [6, 6.07) is 10.3. The third-order valence-corrected chi connectivity index (χ3v) is 6.05. The van der Waals surface area contributed by atoms with E-state index < -0.39 is 0 Å². The molecule has 4 nitrogen and oxygen atoms in total. The van der Waals surface area contributed by atoms with Crippen LogP contribution in [0.25, 0.3) is 0 Å². The van der Waals surface area contributed by atoms with E-state index in [2.05, 4.69) is 34.5 Å². The quantitative estimate of drug-likeness (QED) is 0.836. The van der Waals surface area contributed by atoms with Crippen LogP contribution in [0.5, 0.6) is 0 Å². The van der Waals surface area contributed by atoms with Crippen LogP contribution in [0.2, 0.25) is 0 Å². The van der Waals surface area contributed by atoms with Crippen LogP contribution in [0.15, 0.2) is 40.9 Å². The lowest BCUT2D eigenvalue weighted by atomic mass is 9.97. The van der Waals surface area contributed by atoms with E-state index in [4.69, 9.17) is 9.82 Å². The van der Waals surface area contributed by atoms with Gasteiger partial charge in [0.2, 0.25) is 0 Å². The number of aromatic nitrogens is 1. The molecule has 3 heterocycles. The van der Waals surface area contributed by atoms with Gasteiger partial charge in [-0.2, -0.15) is 0 Å². The molecule has 1 aromatic carbocycles. The van der Waals surface area contributed by atoms with Gasteiger partial charge < -0.3 is 9.74 Å². The van der Waals surface area contributed by atoms with Gasteiger partial charge in [0.25, 0.3) is 0 Å². The third-order valence-electron chi connectivity index (χ3n) is 5.04. The molecule has 1 atom stereocenters. The fraction of sp³-hybridized carbons (Fsp3) is 0.474. The van der Waals surface area contributed by atoms with Crippen LogP contribution >= 0.6 is 11.3 Å². The number of rotatable bonds is 4. The summed E-state index contributed by atoms with van der Waals surface area (Å²) in [5.41, 5.74) is 3.17. The van der Waals surface area contributed by atoms with Crippen LogP contribution in [0.3, 0.4) is 0 Å².